The van der Waals surface area contributed by atoms with Crippen LogP contribution < -0.4 is 14.8 Å². The maximum absolute atomic E-state index is 12.6. The van der Waals surface area contributed by atoms with E-state index in [9.17, 15) is 4.79 Å². The van der Waals surface area contributed by atoms with Gasteiger partial charge in [0.2, 0.25) is 0 Å². The molecule has 3 rings (SSSR count). The molecule has 1 aliphatic carbocycles. The molecule has 1 saturated carbocycles. The van der Waals surface area contributed by atoms with Crippen molar-refractivity contribution in [2.45, 2.75) is 64.6 Å². The minimum absolute atomic E-state index is 0.137. The van der Waals surface area contributed by atoms with E-state index in [0.717, 1.165) is 36.4 Å². The maximum atomic E-state index is 12.6. The van der Waals surface area contributed by atoms with Gasteiger partial charge in [-0.1, -0.05) is 26.0 Å². The summed E-state index contributed by atoms with van der Waals surface area (Å²) in [5, 5.41) is 2.94. The van der Waals surface area contributed by atoms with Crippen molar-refractivity contribution in [3.8, 4) is 11.5 Å². The van der Waals surface area contributed by atoms with Crippen LogP contribution in [0.5, 0.6) is 11.5 Å². The molecule has 0 radical (unpaired) electrons. The standard InChI is InChI=1S/C23H29NO3/c1-3-17-9-13-21(14-10-17)27-22(4-2)23(25)24-18-11-15-20(16-12-18)26-19-7-5-6-8-19/h9-16,19,22H,3-8H2,1-2H3,(H,24,25)/t22-/m1/s1. The third kappa shape index (κ3) is 5.49. The van der Waals surface area contributed by atoms with Gasteiger partial charge in [-0.2, -0.15) is 0 Å². The molecule has 0 aromatic heterocycles. The first-order valence-electron chi connectivity index (χ1n) is 10.0. The average Bonchev–Trinajstić information content (AvgIpc) is 3.21. The molecule has 4 heteroatoms. The summed E-state index contributed by atoms with van der Waals surface area (Å²) in [6, 6.07) is 15.5. The smallest absolute Gasteiger partial charge is 0.265 e. The van der Waals surface area contributed by atoms with Crippen LogP contribution in [0.25, 0.3) is 0 Å². The van der Waals surface area contributed by atoms with Crippen molar-refractivity contribution in [3.05, 3.63) is 54.1 Å². The highest BCUT2D eigenvalue weighted by atomic mass is 16.5. The van der Waals surface area contributed by atoms with Crippen LogP contribution in [0.4, 0.5) is 5.69 Å². The summed E-state index contributed by atoms with van der Waals surface area (Å²) in [5.74, 6) is 1.44. The fourth-order valence-electron chi connectivity index (χ4n) is 3.33. The van der Waals surface area contributed by atoms with Gasteiger partial charge in [0.1, 0.15) is 11.5 Å². The van der Waals surface area contributed by atoms with Gasteiger partial charge < -0.3 is 14.8 Å². The minimum Gasteiger partial charge on any atom is -0.490 e. The van der Waals surface area contributed by atoms with Gasteiger partial charge in [0.25, 0.3) is 5.91 Å². The first-order valence-corrected chi connectivity index (χ1v) is 10.0. The molecule has 1 aliphatic rings. The number of anilines is 1. The highest BCUT2D eigenvalue weighted by Crippen LogP contribution is 2.25. The van der Waals surface area contributed by atoms with Gasteiger partial charge in [-0.3, -0.25) is 4.79 Å². The quantitative estimate of drug-likeness (QED) is 0.682. The number of nitrogens with one attached hydrogen (secondary N) is 1. The minimum atomic E-state index is -0.521. The number of hydrogen-bond donors (Lipinski definition) is 1. The monoisotopic (exact) mass is 367 g/mol. The second-order valence-corrected chi connectivity index (χ2v) is 7.05. The molecule has 0 unspecified atom stereocenters. The van der Waals surface area contributed by atoms with E-state index in [1.54, 1.807) is 0 Å². The zero-order valence-corrected chi connectivity index (χ0v) is 16.2. The van der Waals surface area contributed by atoms with E-state index in [0.29, 0.717) is 12.5 Å². The van der Waals surface area contributed by atoms with Gasteiger partial charge in [-0.15, -0.1) is 0 Å². The summed E-state index contributed by atoms with van der Waals surface area (Å²) < 4.78 is 11.8. The lowest BCUT2D eigenvalue weighted by Crippen LogP contribution is -2.32. The summed E-state index contributed by atoms with van der Waals surface area (Å²) in [4.78, 5) is 12.6. The van der Waals surface area contributed by atoms with Crippen LogP contribution in [-0.4, -0.2) is 18.1 Å². The molecule has 0 heterocycles. The van der Waals surface area contributed by atoms with E-state index in [2.05, 4.69) is 12.2 Å². The second kappa shape index (κ2) is 9.45. The van der Waals surface area contributed by atoms with Crippen LogP contribution in [0.1, 0.15) is 51.5 Å². The van der Waals surface area contributed by atoms with Crippen molar-refractivity contribution in [2.24, 2.45) is 0 Å². The molecule has 0 bridgehead atoms. The zero-order valence-electron chi connectivity index (χ0n) is 16.2. The predicted octanol–water partition coefficient (Wildman–Crippen LogP) is 5.37. The predicted molar refractivity (Wildman–Crippen MR) is 108 cm³/mol. The Kier molecular flexibility index (Phi) is 6.74. The number of carbonyl (C=O) groups is 1. The lowest BCUT2D eigenvalue weighted by atomic mass is 10.1. The van der Waals surface area contributed by atoms with Crippen molar-refractivity contribution >= 4 is 11.6 Å². The van der Waals surface area contributed by atoms with E-state index in [1.807, 2.05) is 55.5 Å². The van der Waals surface area contributed by atoms with Crippen LogP contribution in [-0.2, 0) is 11.2 Å². The molecular weight excluding hydrogens is 338 g/mol. The average molecular weight is 367 g/mol. The summed E-state index contributed by atoms with van der Waals surface area (Å²) in [5.41, 5.74) is 2.00. The Labute approximate surface area is 161 Å². The lowest BCUT2D eigenvalue weighted by Gasteiger charge is -2.18. The van der Waals surface area contributed by atoms with E-state index in [4.69, 9.17) is 9.47 Å². The van der Waals surface area contributed by atoms with Gasteiger partial charge in [0.15, 0.2) is 6.10 Å². The van der Waals surface area contributed by atoms with Gasteiger partial charge in [0.05, 0.1) is 6.10 Å². The Bertz CT molecular complexity index is 718. The number of amides is 1. The molecule has 2 aromatic rings. The topological polar surface area (TPSA) is 47.6 Å². The molecule has 4 nitrogen and oxygen atoms in total. The van der Waals surface area contributed by atoms with Crippen molar-refractivity contribution in [1.82, 2.24) is 0 Å². The SMILES string of the molecule is CCc1ccc(O[C@H](CC)C(=O)Nc2ccc(OC3CCCC3)cc2)cc1. The first-order chi connectivity index (χ1) is 13.2. The molecule has 0 saturated heterocycles. The maximum Gasteiger partial charge on any atom is 0.265 e. The molecule has 1 amide bonds. The highest BCUT2D eigenvalue weighted by Gasteiger charge is 2.19. The number of carbonyl (C=O) groups excluding carboxylic acids is 1. The third-order valence-electron chi connectivity index (χ3n) is 5.00. The largest absolute Gasteiger partial charge is 0.490 e. The van der Waals surface area contributed by atoms with Crippen LogP contribution in [0.15, 0.2) is 48.5 Å². The summed E-state index contributed by atoms with van der Waals surface area (Å²) in [7, 11) is 0. The lowest BCUT2D eigenvalue weighted by molar-refractivity contribution is -0.122. The Balaban J connectivity index is 1.55. The van der Waals surface area contributed by atoms with Crippen LogP contribution in [0, 0.1) is 0 Å². The van der Waals surface area contributed by atoms with Crippen molar-refractivity contribution in [3.63, 3.8) is 0 Å². The molecule has 1 atom stereocenters. The summed E-state index contributed by atoms with van der Waals surface area (Å²) in [6.45, 7) is 4.06. The van der Waals surface area contributed by atoms with Gasteiger partial charge in [-0.25, -0.2) is 0 Å². The fraction of sp³-hybridized carbons (Fsp3) is 0.435. The van der Waals surface area contributed by atoms with Crippen molar-refractivity contribution < 1.29 is 14.3 Å². The number of benzene rings is 2. The summed E-state index contributed by atoms with van der Waals surface area (Å²) >= 11 is 0. The van der Waals surface area contributed by atoms with Crippen LogP contribution in [0.2, 0.25) is 0 Å². The zero-order chi connectivity index (χ0) is 19.1. The molecule has 0 spiro atoms. The first kappa shape index (κ1) is 19.3. The number of ether oxygens (including phenoxy) is 2. The Morgan fingerprint density at radius 3 is 2.22 bits per heavy atom. The fourth-order valence-corrected chi connectivity index (χ4v) is 3.33. The Morgan fingerprint density at radius 1 is 1.00 bits per heavy atom. The molecular formula is C23H29NO3. The van der Waals surface area contributed by atoms with Gasteiger partial charge in [0, 0.05) is 5.69 Å². The van der Waals surface area contributed by atoms with Crippen molar-refractivity contribution in [1.29, 1.82) is 0 Å². The normalized spacial score (nSPS) is 15.3. The highest BCUT2D eigenvalue weighted by molar-refractivity contribution is 5.94. The second-order valence-electron chi connectivity index (χ2n) is 7.05. The number of hydrogen-bond acceptors (Lipinski definition) is 3. The third-order valence-corrected chi connectivity index (χ3v) is 5.00. The molecule has 0 aliphatic heterocycles. The van der Waals surface area contributed by atoms with Crippen LogP contribution in [0.3, 0.4) is 0 Å². The van der Waals surface area contributed by atoms with E-state index < -0.39 is 6.10 Å². The Morgan fingerprint density at radius 2 is 1.63 bits per heavy atom. The Hall–Kier alpha value is -2.49. The number of rotatable bonds is 8. The summed E-state index contributed by atoms with van der Waals surface area (Å²) in [6.07, 6.45) is 6.16. The molecule has 1 N–H and O–H groups in total. The van der Waals surface area contributed by atoms with E-state index >= 15 is 0 Å². The van der Waals surface area contributed by atoms with Crippen LogP contribution >= 0.6 is 0 Å². The molecule has 27 heavy (non-hydrogen) atoms. The number of aryl methyl sites for hydroxylation is 1. The van der Waals surface area contributed by atoms with Gasteiger partial charge in [-0.05, 0) is 80.5 Å². The molecule has 144 valence electrons. The molecule has 1 fully saturated rings. The molecule has 2 aromatic carbocycles. The van der Waals surface area contributed by atoms with Gasteiger partial charge >= 0.3 is 0 Å². The van der Waals surface area contributed by atoms with E-state index in [1.165, 1.54) is 18.4 Å². The van der Waals surface area contributed by atoms with E-state index in [-0.39, 0.29) is 5.91 Å². The van der Waals surface area contributed by atoms with Crippen molar-refractivity contribution in [2.75, 3.05) is 5.32 Å².